The molecule has 3 rings (SSSR count). The summed E-state index contributed by atoms with van der Waals surface area (Å²) in [6, 6.07) is 3.37. The summed E-state index contributed by atoms with van der Waals surface area (Å²) in [4.78, 5) is 32.4. The molecule has 1 N–H and O–H groups in total. The Balaban J connectivity index is 1.63. The number of carboxylic acid groups (broad SMARTS) is 1. The van der Waals surface area contributed by atoms with Crippen LogP contribution in [0.1, 0.15) is 16.8 Å². The van der Waals surface area contributed by atoms with Crippen molar-refractivity contribution in [2.24, 2.45) is 5.92 Å². The Kier molecular flexibility index (Phi) is 3.35. The van der Waals surface area contributed by atoms with Gasteiger partial charge in [-0.2, -0.15) is 5.10 Å². The minimum atomic E-state index is -0.828. The summed E-state index contributed by atoms with van der Waals surface area (Å²) < 4.78 is 1.50. The highest BCUT2D eigenvalue weighted by molar-refractivity contribution is 5.94. The molecule has 21 heavy (non-hydrogen) atoms. The average Bonchev–Trinajstić information content (AvgIpc) is 2.96. The molecule has 3 heterocycles. The van der Waals surface area contributed by atoms with Crippen molar-refractivity contribution in [1.29, 1.82) is 0 Å². The van der Waals surface area contributed by atoms with Crippen LogP contribution in [-0.4, -0.2) is 54.7 Å². The van der Waals surface area contributed by atoms with Crippen LogP contribution in [-0.2, 0) is 4.79 Å². The fraction of sp³-hybridized carbons (Fsp3) is 0.308. The minimum Gasteiger partial charge on any atom is -0.481 e. The van der Waals surface area contributed by atoms with Gasteiger partial charge in [-0.1, -0.05) is 0 Å². The second kappa shape index (κ2) is 5.31. The van der Waals surface area contributed by atoms with Crippen LogP contribution >= 0.6 is 0 Å². The average molecular weight is 287 g/mol. The molecule has 0 radical (unpaired) electrons. The van der Waals surface area contributed by atoms with E-state index in [1.54, 1.807) is 17.0 Å². The van der Waals surface area contributed by atoms with Gasteiger partial charge in [-0.05, 0) is 12.1 Å². The van der Waals surface area contributed by atoms with Gasteiger partial charge >= 0.3 is 5.97 Å². The first-order valence-corrected chi connectivity index (χ1v) is 6.45. The van der Waals surface area contributed by atoms with Crippen molar-refractivity contribution in [3.8, 4) is 5.82 Å². The van der Waals surface area contributed by atoms with Crippen LogP contribution in [0.5, 0.6) is 0 Å². The normalized spacial score (nSPS) is 14.8. The largest absolute Gasteiger partial charge is 0.481 e. The molecule has 1 aliphatic rings. The minimum absolute atomic E-state index is 0.0498. The molecule has 0 unspecified atom stereocenters. The van der Waals surface area contributed by atoms with Crippen LogP contribution in [0.25, 0.3) is 5.82 Å². The van der Waals surface area contributed by atoms with Gasteiger partial charge in [0.25, 0.3) is 5.91 Å². The highest BCUT2D eigenvalue weighted by Crippen LogP contribution is 2.21. The number of nitrogens with zero attached hydrogens (tertiary/aromatic N) is 5. The fourth-order valence-corrected chi connectivity index (χ4v) is 2.27. The molecule has 0 atom stereocenters. The molecule has 1 amide bonds. The Morgan fingerprint density at radius 1 is 1.33 bits per heavy atom. The summed E-state index contributed by atoms with van der Waals surface area (Å²) >= 11 is 0. The molecule has 2 aromatic heterocycles. The number of aromatic nitrogens is 4. The van der Waals surface area contributed by atoms with Gasteiger partial charge in [0, 0.05) is 25.2 Å². The van der Waals surface area contributed by atoms with E-state index in [-0.39, 0.29) is 18.2 Å². The molecule has 0 bridgehead atoms. The van der Waals surface area contributed by atoms with Crippen molar-refractivity contribution in [3.05, 3.63) is 36.5 Å². The van der Waals surface area contributed by atoms with Crippen molar-refractivity contribution >= 4 is 11.9 Å². The first-order chi connectivity index (χ1) is 10.1. The topological polar surface area (TPSA) is 101 Å². The smallest absolute Gasteiger partial charge is 0.303 e. The zero-order valence-corrected chi connectivity index (χ0v) is 11.1. The number of hydrogen-bond donors (Lipinski definition) is 1. The third-order valence-corrected chi connectivity index (χ3v) is 3.36. The molecule has 108 valence electrons. The van der Waals surface area contributed by atoms with Gasteiger partial charge in [0.2, 0.25) is 0 Å². The van der Waals surface area contributed by atoms with E-state index in [0.717, 1.165) is 0 Å². The molecule has 0 spiro atoms. The Morgan fingerprint density at radius 3 is 2.71 bits per heavy atom. The van der Waals surface area contributed by atoms with Crippen LogP contribution in [0, 0.1) is 5.92 Å². The second-order valence-corrected chi connectivity index (χ2v) is 4.92. The van der Waals surface area contributed by atoms with Gasteiger partial charge in [0.1, 0.15) is 12.7 Å². The number of rotatable bonds is 4. The molecular weight excluding hydrogens is 274 g/mol. The number of pyridine rings is 1. The van der Waals surface area contributed by atoms with Crippen LogP contribution in [0.2, 0.25) is 0 Å². The Labute approximate surface area is 120 Å². The van der Waals surface area contributed by atoms with Crippen LogP contribution < -0.4 is 0 Å². The van der Waals surface area contributed by atoms with Gasteiger partial charge < -0.3 is 10.0 Å². The van der Waals surface area contributed by atoms with E-state index >= 15 is 0 Å². The van der Waals surface area contributed by atoms with Crippen LogP contribution in [0.3, 0.4) is 0 Å². The lowest BCUT2D eigenvalue weighted by molar-refractivity contribution is -0.139. The van der Waals surface area contributed by atoms with E-state index in [2.05, 4.69) is 15.1 Å². The third-order valence-electron chi connectivity index (χ3n) is 3.36. The van der Waals surface area contributed by atoms with Gasteiger partial charge in [-0.3, -0.25) is 9.59 Å². The van der Waals surface area contributed by atoms with Crippen LogP contribution in [0.15, 0.2) is 31.0 Å². The number of carbonyl (C=O) groups excluding carboxylic acids is 1. The SMILES string of the molecule is O=C(O)CC1CN(C(=O)c2ccc(-n3cncn3)nc2)C1. The van der Waals surface area contributed by atoms with E-state index in [9.17, 15) is 9.59 Å². The third kappa shape index (κ3) is 2.73. The standard InChI is InChI=1S/C13H13N5O3/c19-12(20)3-9-5-17(6-9)13(21)10-1-2-11(15-4-10)18-8-14-7-16-18/h1-2,4,7-9H,3,5-6H2,(H,19,20). The van der Waals surface area contributed by atoms with Crippen LogP contribution in [0.4, 0.5) is 0 Å². The number of amides is 1. The maximum atomic E-state index is 12.2. The lowest BCUT2D eigenvalue weighted by Gasteiger charge is -2.38. The number of carboxylic acids is 1. The van der Waals surface area contributed by atoms with E-state index < -0.39 is 5.97 Å². The Bertz CT molecular complexity index is 647. The lowest BCUT2D eigenvalue weighted by Crippen LogP contribution is -2.50. The molecule has 0 aromatic carbocycles. The molecule has 0 aliphatic carbocycles. The molecule has 2 aromatic rings. The van der Waals surface area contributed by atoms with E-state index in [1.807, 2.05) is 0 Å². The summed E-state index contributed by atoms with van der Waals surface area (Å²) in [7, 11) is 0. The molecule has 1 aliphatic heterocycles. The summed E-state index contributed by atoms with van der Waals surface area (Å²) in [6.07, 6.45) is 4.52. The summed E-state index contributed by atoms with van der Waals surface area (Å²) in [5, 5.41) is 12.6. The monoisotopic (exact) mass is 287 g/mol. The van der Waals surface area contributed by atoms with Crippen molar-refractivity contribution in [2.75, 3.05) is 13.1 Å². The lowest BCUT2D eigenvalue weighted by atomic mass is 9.95. The quantitative estimate of drug-likeness (QED) is 0.862. The maximum absolute atomic E-state index is 12.2. The first-order valence-electron chi connectivity index (χ1n) is 6.45. The predicted molar refractivity (Wildman–Crippen MR) is 70.8 cm³/mol. The van der Waals surface area contributed by atoms with Gasteiger partial charge in [-0.15, -0.1) is 0 Å². The summed E-state index contributed by atoms with van der Waals surface area (Å²) in [5.74, 6) is -0.328. The fourth-order valence-electron chi connectivity index (χ4n) is 2.27. The predicted octanol–water partition coefficient (Wildman–Crippen LogP) is 0.209. The van der Waals surface area contributed by atoms with Crippen molar-refractivity contribution in [1.82, 2.24) is 24.6 Å². The molecule has 8 heteroatoms. The van der Waals surface area contributed by atoms with E-state index in [1.165, 1.54) is 23.5 Å². The highest BCUT2D eigenvalue weighted by Gasteiger charge is 2.32. The molecule has 1 fully saturated rings. The maximum Gasteiger partial charge on any atom is 0.303 e. The van der Waals surface area contributed by atoms with Gasteiger partial charge in [0.15, 0.2) is 5.82 Å². The Hall–Kier alpha value is -2.77. The van der Waals surface area contributed by atoms with Crippen molar-refractivity contribution in [2.45, 2.75) is 6.42 Å². The molecule has 1 saturated heterocycles. The van der Waals surface area contributed by atoms with Gasteiger partial charge in [0.05, 0.1) is 12.0 Å². The Morgan fingerprint density at radius 2 is 2.14 bits per heavy atom. The van der Waals surface area contributed by atoms with E-state index in [0.29, 0.717) is 24.5 Å². The molecular formula is C13H13N5O3. The van der Waals surface area contributed by atoms with E-state index in [4.69, 9.17) is 5.11 Å². The number of hydrogen-bond acceptors (Lipinski definition) is 5. The first kappa shape index (κ1) is 13.2. The molecule has 0 saturated carbocycles. The highest BCUT2D eigenvalue weighted by atomic mass is 16.4. The van der Waals surface area contributed by atoms with Gasteiger partial charge in [-0.25, -0.2) is 14.6 Å². The summed E-state index contributed by atoms with van der Waals surface area (Å²) in [6.45, 7) is 0.964. The summed E-state index contributed by atoms with van der Waals surface area (Å²) in [5.41, 5.74) is 0.479. The van der Waals surface area contributed by atoms with Crippen molar-refractivity contribution < 1.29 is 14.7 Å². The number of aliphatic carboxylic acids is 1. The zero-order valence-electron chi connectivity index (χ0n) is 11.1. The van der Waals surface area contributed by atoms with Crippen molar-refractivity contribution in [3.63, 3.8) is 0 Å². The second-order valence-electron chi connectivity index (χ2n) is 4.92. The number of likely N-dealkylation sites (tertiary alicyclic amines) is 1. The molecule has 8 nitrogen and oxygen atoms in total. The number of carbonyl (C=O) groups is 2. The zero-order chi connectivity index (χ0) is 14.8.